The first-order valence-electron chi connectivity index (χ1n) is 9.29. The van der Waals surface area contributed by atoms with Crippen LogP contribution in [0.5, 0.6) is 0 Å². The van der Waals surface area contributed by atoms with E-state index in [0.717, 1.165) is 30.4 Å². The Bertz CT molecular complexity index is 718. The Morgan fingerprint density at radius 1 is 1.24 bits per heavy atom. The van der Waals surface area contributed by atoms with Crippen molar-refractivity contribution in [3.63, 3.8) is 0 Å². The van der Waals surface area contributed by atoms with Gasteiger partial charge in [-0.25, -0.2) is 4.79 Å². The Morgan fingerprint density at radius 3 is 2.52 bits per heavy atom. The molecule has 0 saturated carbocycles. The standard InChI is InChI=1S/C18H30N4O3/c1-5-10-22-15(12-16(23)19(4)18(22)25)21-11-8-9-14(13-21)17(24)20(6-2)7-3/h12,14H,5-11,13H2,1-4H3. The number of rotatable bonds is 6. The van der Waals surface area contributed by atoms with Crippen LogP contribution in [0.1, 0.15) is 40.0 Å². The molecule has 1 amide bonds. The van der Waals surface area contributed by atoms with E-state index in [1.807, 2.05) is 30.6 Å². The third-order valence-electron chi connectivity index (χ3n) is 4.99. The maximum Gasteiger partial charge on any atom is 0.332 e. The van der Waals surface area contributed by atoms with E-state index < -0.39 is 0 Å². The Balaban J connectivity index is 2.34. The summed E-state index contributed by atoms with van der Waals surface area (Å²) in [4.78, 5) is 41.2. The van der Waals surface area contributed by atoms with Crippen LogP contribution in [0.2, 0.25) is 0 Å². The SMILES string of the molecule is CCCn1c(N2CCCC(C(=O)N(CC)CC)C2)cc(=O)n(C)c1=O. The smallest absolute Gasteiger partial charge is 0.332 e. The normalized spacial score (nSPS) is 17.6. The van der Waals surface area contributed by atoms with Gasteiger partial charge in [0.05, 0.1) is 5.92 Å². The van der Waals surface area contributed by atoms with Crippen LogP contribution in [-0.2, 0) is 18.4 Å². The van der Waals surface area contributed by atoms with Gasteiger partial charge in [0.1, 0.15) is 5.82 Å². The van der Waals surface area contributed by atoms with Crippen molar-refractivity contribution < 1.29 is 4.79 Å². The number of amides is 1. The van der Waals surface area contributed by atoms with Crippen LogP contribution in [0, 0.1) is 5.92 Å². The molecule has 7 nitrogen and oxygen atoms in total. The van der Waals surface area contributed by atoms with Crippen molar-refractivity contribution in [1.82, 2.24) is 14.0 Å². The van der Waals surface area contributed by atoms with Gasteiger partial charge in [0.15, 0.2) is 0 Å². The molecule has 1 unspecified atom stereocenters. The molecular weight excluding hydrogens is 320 g/mol. The van der Waals surface area contributed by atoms with E-state index in [9.17, 15) is 14.4 Å². The molecule has 0 aliphatic carbocycles. The van der Waals surface area contributed by atoms with Crippen LogP contribution in [0.4, 0.5) is 5.82 Å². The molecule has 2 heterocycles. The Hall–Kier alpha value is -2.05. The molecule has 0 aromatic carbocycles. The topological polar surface area (TPSA) is 67.6 Å². The summed E-state index contributed by atoms with van der Waals surface area (Å²) in [5.41, 5.74) is -0.592. The van der Waals surface area contributed by atoms with E-state index in [4.69, 9.17) is 0 Å². The summed E-state index contributed by atoms with van der Waals surface area (Å²) >= 11 is 0. The van der Waals surface area contributed by atoms with Crippen molar-refractivity contribution in [3.05, 3.63) is 26.9 Å². The maximum atomic E-state index is 12.7. The lowest BCUT2D eigenvalue weighted by Crippen LogP contribution is -2.48. The molecule has 1 atom stereocenters. The zero-order valence-electron chi connectivity index (χ0n) is 15.8. The minimum Gasteiger partial charge on any atom is -0.357 e. The largest absolute Gasteiger partial charge is 0.357 e. The lowest BCUT2D eigenvalue weighted by Gasteiger charge is -2.36. The fourth-order valence-electron chi connectivity index (χ4n) is 3.53. The number of carbonyl (C=O) groups excluding carboxylic acids is 1. The molecule has 1 aliphatic rings. The van der Waals surface area contributed by atoms with Crippen molar-refractivity contribution in [2.75, 3.05) is 31.1 Å². The second kappa shape index (κ2) is 8.36. The highest BCUT2D eigenvalue weighted by atomic mass is 16.2. The highest BCUT2D eigenvalue weighted by Gasteiger charge is 2.29. The van der Waals surface area contributed by atoms with Gasteiger partial charge in [-0.1, -0.05) is 6.92 Å². The van der Waals surface area contributed by atoms with Crippen LogP contribution in [0.15, 0.2) is 15.7 Å². The quantitative estimate of drug-likeness (QED) is 0.769. The average Bonchev–Trinajstić information content (AvgIpc) is 2.63. The van der Waals surface area contributed by atoms with E-state index in [0.29, 0.717) is 32.0 Å². The molecule has 1 aromatic rings. The second-order valence-electron chi connectivity index (χ2n) is 6.63. The summed E-state index contributed by atoms with van der Waals surface area (Å²) in [5.74, 6) is 0.734. The average molecular weight is 350 g/mol. The first kappa shape index (κ1) is 19.3. The van der Waals surface area contributed by atoms with Crippen LogP contribution in [0.3, 0.4) is 0 Å². The number of carbonyl (C=O) groups is 1. The van der Waals surface area contributed by atoms with Crippen LogP contribution >= 0.6 is 0 Å². The lowest BCUT2D eigenvalue weighted by molar-refractivity contribution is -0.135. The summed E-state index contributed by atoms with van der Waals surface area (Å²) in [6.45, 7) is 9.28. The molecule has 25 heavy (non-hydrogen) atoms. The first-order chi connectivity index (χ1) is 11.9. The molecule has 7 heteroatoms. The van der Waals surface area contributed by atoms with Gasteiger partial charge in [0.25, 0.3) is 5.56 Å². The molecule has 0 spiro atoms. The lowest BCUT2D eigenvalue weighted by atomic mass is 9.96. The zero-order chi connectivity index (χ0) is 18.6. The number of aromatic nitrogens is 2. The molecule has 140 valence electrons. The number of nitrogens with zero attached hydrogens (tertiary/aromatic N) is 4. The molecule has 0 N–H and O–H groups in total. The minimum atomic E-state index is -0.301. The minimum absolute atomic E-state index is 0.0807. The number of anilines is 1. The van der Waals surface area contributed by atoms with Crippen LogP contribution in [-0.4, -0.2) is 46.1 Å². The molecule has 1 saturated heterocycles. The van der Waals surface area contributed by atoms with Gasteiger partial charge in [-0.15, -0.1) is 0 Å². The fourth-order valence-corrected chi connectivity index (χ4v) is 3.53. The van der Waals surface area contributed by atoms with Gasteiger partial charge in [-0.3, -0.25) is 18.7 Å². The number of hydrogen-bond acceptors (Lipinski definition) is 4. The van der Waals surface area contributed by atoms with Crippen LogP contribution in [0.25, 0.3) is 0 Å². The summed E-state index contributed by atoms with van der Waals surface area (Å²) in [6.07, 6.45) is 2.54. The Kier molecular flexibility index (Phi) is 6.45. The molecule has 0 bridgehead atoms. The van der Waals surface area contributed by atoms with Gasteiger partial charge in [-0.2, -0.15) is 0 Å². The van der Waals surface area contributed by atoms with Crippen molar-refractivity contribution >= 4 is 11.7 Å². The van der Waals surface area contributed by atoms with E-state index in [2.05, 4.69) is 0 Å². The van der Waals surface area contributed by atoms with E-state index in [1.165, 1.54) is 13.1 Å². The molecule has 2 rings (SSSR count). The molecule has 0 radical (unpaired) electrons. The molecular formula is C18H30N4O3. The van der Waals surface area contributed by atoms with E-state index in [-0.39, 0.29) is 23.1 Å². The molecule has 1 aliphatic heterocycles. The monoisotopic (exact) mass is 350 g/mol. The predicted molar refractivity (Wildman–Crippen MR) is 99.1 cm³/mol. The van der Waals surface area contributed by atoms with Gasteiger partial charge < -0.3 is 9.80 Å². The number of hydrogen-bond donors (Lipinski definition) is 0. The Morgan fingerprint density at radius 2 is 1.92 bits per heavy atom. The summed E-state index contributed by atoms with van der Waals surface area (Å²) < 4.78 is 2.80. The van der Waals surface area contributed by atoms with Gasteiger partial charge in [0.2, 0.25) is 5.91 Å². The van der Waals surface area contributed by atoms with Crippen molar-refractivity contribution in [3.8, 4) is 0 Å². The molecule has 1 aromatic heterocycles. The number of piperidine rings is 1. The summed E-state index contributed by atoms with van der Waals surface area (Å²) in [6, 6.07) is 1.53. The second-order valence-corrected chi connectivity index (χ2v) is 6.63. The summed E-state index contributed by atoms with van der Waals surface area (Å²) in [5, 5.41) is 0. The fraction of sp³-hybridized carbons (Fsp3) is 0.722. The van der Waals surface area contributed by atoms with Crippen molar-refractivity contribution in [2.45, 2.75) is 46.6 Å². The maximum absolute atomic E-state index is 12.7. The third-order valence-corrected chi connectivity index (χ3v) is 4.99. The Labute approximate surface area is 148 Å². The van der Waals surface area contributed by atoms with E-state index >= 15 is 0 Å². The van der Waals surface area contributed by atoms with Gasteiger partial charge >= 0.3 is 5.69 Å². The summed E-state index contributed by atoms with van der Waals surface area (Å²) in [7, 11) is 1.50. The van der Waals surface area contributed by atoms with Gasteiger partial charge in [-0.05, 0) is 33.1 Å². The third kappa shape index (κ3) is 3.96. The van der Waals surface area contributed by atoms with E-state index in [1.54, 1.807) is 4.57 Å². The van der Waals surface area contributed by atoms with Crippen molar-refractivity contribution in [1.29, 1.82) is 0 Å². The van der Waals surface area contributed by atoms with Crippen molar-refractivity contribution in [2.24, 2.45) is 13.0 Å². The first-order valence-corrected chi connectivity index (χ1v) is 9.29. The van der Waals surface area contributed by atoms with Crippen LogP contribution < -0.4 is 16.1 Å². The van der Waals surface area contributed by atoms with Gasteiger partial charge in [0, 0.05) is 45.8 Å². The molecule has 1 fully saturated rings. The predicted octanol–water partition coefficient (Wildman–Crippen LogP) is 1.04. The highest BCUT2D eigenvalue weighted by molar-refractivity contribution is 5.79. The highest BCUT2D eigenvalue weighted by Crippen LogP contribution is 2.23. The zero-order valence-corrected chi connectivity index (χ0v) is 15.8.